The summed E-state index contributed by atoms with van der Waals surface area (Å²) in [5.41, 5.74) is -0.615. The molecule has 0 aliphatic rings. The Kier molecular flexibility index (Phi) is 5.97. The number of non-ortho nitro benzene ring substituents is 1. The molecular weight excluding hydrogens is 368 g/mol. The second-order valence-electron chi connectivity index (χ2n) is 6.77. The molecule has 1 aromatic heterocycles. The summed E-state index contributed by atoms with van der Waals surface area (Å²) >= 11 is 0. The van der Waals surface area contributed by atoms with E-state index in [0.717, 1.165) is 0 Å². The summed E-state index contributed by atoms with van der Waals surface area (Å²) in [7, 11) is 2.36. The summed E-state index contributed by atoms with van der Waals surface area (Å²) in [5, 5.41) is 10.8. The molecule has 2 rings (SSSR count). The fourth-order valence-electron chi connectivity index (χ4n) is 2.35. The highest BCUT2D eigenvalue weighted by molar-refractivity contribution is 6.03. The van der Waals surface area contributed by atoms with E-state index in [4.69, 9.17) is 13.9 Å². The number of carbonyl (C=O) groups is 2. The first-order valence-corrected chi connectivity index (χ1v) is 8.23. The molecule has 1 aromatic carbocycles. The number of hydrogen-bond donors (Lipinski definition) is 0. The van der Waals surface area contributed by atoms with E-state index in [-0.39, 0.29) is 28.1 Å². The van der Waals surface area contributed by atoms with Crippen LogP contribution in [0.5, 0.6) is 0 Å². The van der Waals surface area contributed by atoms with Crippen LogP contribution in [0.1, 0.15) is 41.5 Å². The molecule has 0 bridgehead atoms. The highest BCUT2D eigenvalue weighted by Crippen LogP contribution is 2.24. The molecule has 9 heteroatoms. The third-order valence-corrected chi connectivity index (χ3v) is 3.56. The summed E-state index contributed by atoms with van der Waals surface area (Å²) in [6.07, 6.45) is 0. The minimum atomic E-state index is -0.803. The Morgan fingerprint density at radius 1 is 1.07 bits per heavy atom. The number of nitro groups is 1. The lowest BCUT2D eigenvalue weighted by molar-refractivity contribution is -0.384. The summed E-state index contributed by atoms with van der Waals surface area (Å²) in [6.45, 7) is 5.37. The number of rotatable bonds is 4. The molecule has 0 saturated carbocycles. The van der Waals surface area contributed by atoms with E-state index in [2.05, 4.69) is 4.99 Å². The summed E-state index contributed by atoms with van der Waals surface area (Å²) in [4.78, 5) is 39.3. The van der Waals surface area contributed by atoms with Crippen LogP contribution in [0.4, 0.5) is 5.69 Å². The van der Waals surface area contributed by atoms with Crippen molar-refractivity contribution in [1.82, 2.24) is 0 Å². The van der Waals surface area contributed by atoms with Gasteiger partial charge in [0.2, 0.25) is 5.55 Å². The normalized spacial score (nSPS) is 11.8. The third-order valence-electron chi connectivity index (χ3n) is 3.56. The van der Waals surface area contributed by atoms with Crippen molar-refractivity contribution in [1.29, 1.82) is 0 Å². The van der Waals surface area contributed by atoms with Crippen molar-refractivity contribution in [3.63, 3.8) is 0 Å². The Bertz CT molecular complexity index is 983. The topological polar surface area (TPSA) is 121 Å². The number of nitro benzene ring substituents is 1. The second kappa shape index (κ2) is 8.03. The van der Waals surface area contributed by atoms with Gasteiger partial charge in [0.15, 0.2) is 0 Å². The maximum absolute atomic E-state index is 12.3. The van der Waals surface area contributed by atoms with Crippen LogP contribution in [0, 0.1) is 10.1 Å². The minimum Gasteiger partial charge on any atom is -0.465 e. The van der Waals surface area contributed by atoms with Crippen LogP contribution in [0.25, 0.3) is 11.3 Å². The highest BCUT2D eigenvalue weighted by Gasteiger charge is 2.25. The fraction of sp³-hybridized carbons (Fsp3) is 0.316. The number of carbonyl (C=O) groups excluding carboxylic acids is 2. The molecule has 1 heterocycles. The van der Waals surface area contributed by atoms with E-state index in [1.54, 1.807) is 20.8 Å². The Hall–Kier alpha value is -3.49. The molecule has 148 valence electrons. The largest absolute Gasteiger partial charge is 0.465 e. The van der Waals surface area contributed by atoms with Crippen molar-refractivity contribution < 1.29 is 28.4 Å². The van der Waals surface area contributed by atoms with Crippen molar-refractivity contribution in [2.45, 2.75) is 26.3 Å². The Balaban J connectivity index is 2.83. The predicted octanol–water partition coefficient (Wildman–Crippen LogP) is 3.13. The molecule has 0 spiro atoms. The van der Waals surface area contributed by atoms with E-state index < -0.39 is 22.4 Å². The van der Waals surface area contributed by atoms with Gasteiger partial charge in [0.25, 0.3) is 5.69 Å². The Morgan fingerprint density at radius 3 is 2.11 bits per heavy atom. The van der Waals surface area contributed by atoms with Gasteiger partial charge in [-0.05, 0) is 39.0 Å². The average Bonchev–Trinajstić information content (AvgIpc) is 2.64. The van der Waals surface area contributed by atoms with Crippen LogP contribution in [0.3, 0.4) is 0 Å². The molecular formula is C19H20N2O7. The molecule has 28 heavy (non-hydrogen) atoms. The molecule has 0 saturated heterocycles. The van der Waals surface area contributed by atoms with Crippen LogP contribution in [-0.2, 0) is 9.47 Å². The minimum absolute atomic E-state index is 0.0862. The predicted molar refractivity (Wildman–Crippen MR) is 98.8 cm³/mol. The SMILES string of the molecule is COC(=O)c1cc(-c2ccc([N+](=O)[O-])cc2)oc(=NC(C)(C)C)c1C(=O)OC. The van der Waals surface area contributed by atoms with Crippen molar-refractivity contribution >= 4 is 17.6 Å². The fourth-order valence-corrected chi connectivity index (χ4v) is 2.35. The molecule has 2 aromatic rings. The first-order valence-electron chi connectivity index (χ1n) is 8.23. The van der Waals surface area contributed by atoms with Gasteiger partial charge in [0.05, 0.1) is 30.2 Å². The molecule has 0 atom stereocenters. The van der Waals surface area contributed by atoms with Crippen LogP contribution in [0.15, 0.2) is 39.7 Å². The van der Waals surface area contributed by atoms with Gasteiger partial charge in [-0.15, -0.1) is 0 Å². The maximum Gasteiger partial charge on any atom is 0.344 e. The number of benzene rings is 1. The van der Waals surface area contributed by atoms with Gasteiger partial charge in [-0.3, -0.25) is 10.1 Å². The lowest BCUT2D eigenvalue weighted by Gasteiger charge is -2.14. The molecule has 0 amide bonds. The first kappa shape index (κ1) is 20.8. The molecule has 0 aliphatic carbocycles. The Labute approximate surface area is 160 Å². The summed E-state index contributed by atoms with van der Waals surface area (Å²) in [5.74, 6) is -1.39. The van der Waals surface area contributed by atoms with Gasteiger partial charge in [-0.2, -0.15) is 0 Å². The molecule has 0 fully saturated rings. The van der Waals surface area contributed by atoms with E-state index in [0.29, 0.717) is 5.56 Å². The van der Waals surface area contributed by atoms with Gasteiger partial charge in [0, 0.05) is 17.7 Å². The molecule has 0 radical (unpaired) electrons. The van der Waals surface area contributed by atoms with Gasteiger partial charge in [-0.25, -0.2) is 14.6 Å². The summed E-state index contributed by atoms with van der Waals surface area (Å²) < 4.78 is 15.3. The average molecular weight is 388 g/mol. The van der Waals surface area contributed by atoms with Gasteiger partial charge >= 0.3 is 11.9 Å². The molecule has 0 unspecified atom stereocenters. The smallest absolute Gasteiger partial charge is 0.344 e. The van der Waals surface area contributed by atoms with E-state index in [1.165, 1.54) is 44.6 Å². The molecule has 9 nitrogen and oxygen atoms in total. The summed E-state index contributed by atoms with van der Waals surface area (Å²) in [6, 6.07) is 6.86. The maximum atomic E-state index is 12.3. The van der Waals surface area contributed by atoms with Crippen LogP contribution in [-0.4, -0.2) is 36.6 Å². The lowest BCUT2D eigenvalue weighted by Crippen LogP contribution is -2.26. The van der Waals surface area contributed by atoms with E-state index >= 15 is 0 Å². The molecule has 0 N–H and O–H groups in total. The number of esters is 2. The number of ether oxygens (including phenoxy) is 2. The quantitative estimate of drug-likeness (QED) is 0.448. The first-order chi connectivity index (χ1) is 13.1. The molecule has 0 aliphatic heterocycles. The zero-order valence-corrected chi connectivity index (χ0v) is 16.1. The third kappa shape index (κ3) is 4.61. The van der Waals surface area contributed by atoms with Crippen molar-refractivity contribution in [3.8, 4) is 11.3 Å². The Morgan fingerprint density at radius 2 is 1.64 bits per heavy atom. The van der Waals surface area contributed by atoms with Gasteiger partial charge in [-0.1, -0.05) is 0 Å². The van der Waals surface area contributed by atoms with E-state index in [9.17, 15) is 19.7 Å². The number of methoxy groups -OCH3 is 2. The van der Waals surface area contributed by atoms with Crippen molar-refractivity contribution in [2.75, 3.05) is 14.2 Å². The van der Waals surface area contributed by atoms with Gasteiger partial charge in [0.1, 0.15) is 11.3 Å². The zero-order chi connectivity index (χ0) is 21.1. The van der Waals surface area contributed by atoms with Crippen LogP contribution in [0.2, 0.25) is 0 Å². The highest BCUT2D eigenvalue weighted by atomic mass is 16.6. The van der Waals surface area contributed by atoms with Crippen LogP contribution < -0.4 is 5.55 Å². The standard InChI is InChI=1S/C19H20N2O7/c1-19(2,3)20-16-15(18(23)27-5)13(17(22)26-4)10-14(28-16)11-6-8-12(9-7-11)21(24)25/h6-10H,1-5H3. The number of nitrogens with zero attached hydrogens (tertiary/aromatic N) is 2. The zero-order valence-electron chi connectivity index (χ0n) is 16.1. The lowest BCUT2D eigenvalue weighted by atomic mass is 10.1. The monoisotopic (exact) mass is 388 g/mol. The van der Waals surface area contributed by atoms with Crippen LogP contribution >= 0.6 is 0 Å². The second-order valence-corrected chi connectivity index (χ2v) is 6.77. The number of hydrogen-bond acceptors (Lipinski definition) is 8. The van der Waals surface area contributed by atoms with Gasteiger partial charge < -0.3 is 13.9 Å². The van der Waals surface area contributed by atoms with Crippen molar-refractivity contribution in [3.05, 3.63) is 57.1 Å². The van der Waals surface area contributed by atoms with Crippen molar-refractivity contribution in [2.24, 2.45) is 4.99 Å². The van der Waals surface area contributed by atoms with E-state index in [1.807, 2.05) is 0 Å².